The van der Waals surface area contributed by atoms with E-state index in [1.165, 1.54) is 11.6 Å². The number of nitrogens with zero attached hydrogens (tertiary/aromatic N) is 1. The zero-order chi connectivity index (χ0) is 20.1. The third-order valence-corrected chi connectivity index (χ3v) is 4.47. The normalized spacial score (nSPS) is 10.5. The van der Waals surface area contributed by atoms with Crippen LogP contribution in [0.5, 0.6) is 5.88 Å². The number of rotatable bonds is 6. The van der Waals surface area contributed by atoms with Crippen LogP contribution >= 0.6 is 0 Å². The van der Waals surface area contributed by atoms with Gasteiger partial charge in [0.15, 0.2) is 5.43 Å². The van der Waals surface area contributed by atoms with Crippen LogP contribution in [0.15, 0.2) is 65.5 Å². The molecular formula is C23H24N2O3. The minimum absolute atomic E-state index is 0.0171. The molecule has 0 aliphatic heterocycles. The molecule has 0 atom stereocenters. The summed E-state index contributed by atoms with van der Waals surface area (Å²) in [6.45, 7) is 6.57. The molecular weight excluding hydrogens is 352 g/mol. The van der Waals surface area contributed by atoms with E-state index >= 15 is 0 Å². The number of hydrogen-bond donors (Lipinski definition) is 1. The number of amides is 1. The van der Waals surface area contributed by atoms with Crippen LogP contribution in [0.4, 0.5) is 5.69 Å². The third kappa shape index (κ3) is 4.31. The van der Waals surface area contributed by atoms with Crippen molar-refractivity contribution in [2.24, 2.45) is 0 Å². The lowest BCUT2D eigenvalue weighted by molar-refractivity contribution is 0.102. The average molecular weight is 376 g/mol. The van der Waals surface area contributed by atoms with Crippen LogP contribution < -0.4 is 15.5 Å². The number of carbonyl (C=O) groups is 1. The Morgan fingerprint density at radius 2 is 1.71 bits per heavy atom. The van der Waals surface area contributed by atoms with Crippen LogP contribution in [0.3, 0.4) is 0 Å². The van der Waals surface area contributed by atoms with Gasteiger partial charge in [0.1, 0.15) is 5.56 Å². The topological polar surface area (TPSA) is 60.3 Å². The maximum atomic E-state index is 12.9. The van der Waals surface area contributed by atoms with E-state index in [4.69, 9.17) is 4.74 Å². The number of aryl methyl sites for hydroxylation is 2. The lowest BCUT2D eigenvalue weighted by atomic mass is 10.1. The zero-order valence-electron chi connectivity index (χ0n) is 16.4. The van der Waals surface area contributed by atoms with E-state index in [1.54, 1.807) is 12.1 Å². The molecule has 1 N–H and O–H groups in total. The fraction of sp³-hybridized carbons (Fsp3) is 0.217. The molecule has 1 aromatic heterocycles. The highest BCUT2D eigenvalue weighted by molar-refractivity contribution is 6.05. The lowest BCUT2D eigenvalue weighted by Gasteiger charge is -2.20. The highest BCUT2D eigenvalue weighted by Gasteiger charge is 2.22. The summed E-state index contributed by atoms with van der Waals surface area (Å²) in [6.07, 6.45) is 0. The Bertz CT molecular complexity index is 1020. The summed E-state index contributed by atoms with van der Waals surface area (Å²) in [7, 11) is 0. The minimum Gasteiger partial charge on any atom is -0.478 e. The molecule has 3 rings (SSSR count). The Hall–Kier alpha value is -3.34. The van der Waals surface area contributed by atoms with Gasteiger partial charge in [0, 0.05) is 17.4 Å². The third-order valence-electron chi connectivity index (χ3n) is 4.47. The summed E-state index contributed by atoms with van der Waals surface area (Å²) in [6, 6.07) is 18.7. The number of aromatic nitrogens is 1. The van der Waals surface area contributed by atoms with Crippen LogP contribution in [0.2, 0.25) is 0 Å². The Kier molecular flexibility index (Phi) is 5.94. The first-order valence-corrected chi connectivity index (χ1v) is 9.28. The summed E-state index contributed by atoms with van der Waals surface area (Å²) in [5.41, 5.74) is 3.27. The van der Waals surface area contributed by atoms with Crippen LogP contribution in [-0.4, -0.2) is 17.1 Å². The quantitative estimate of drug-likeness (QED) is 0.703. The van der Waals surface area contributed by atoms with Gasteiger partial charge in [-0.15, -0.1) is 0 Å². The molecule has 0 saturated heterocycles. The number of pyridine rings is 1. The van der Waals surface area contributed by atoms with Crippen LogP contribution in [0, 0.1) is 13.8 Å². The summed E-state index contributed by atoms with van der Waals surface area (Å²) in [4.78, 5) is 25.5. The molecule has 1 amide bonds. The SMILES string of the molecule is CCOc1c(C(=O)Nc2ccccc2)c(=O)cc(C)n1Cc1ccc(C)cc1. The predicted octanol–water partition coefficient (Wildman–Crippen LogP) is 4.16. The number of anilines is 1. The summed E-state index contributed by atoms with van der Waals surface area (Å²) in [5.74, 6) is -0.182. The van der Waals surface area contributed by atoms with E-state index in [1.807, 2.05) is 67.8 Å². The van der Waals surface area contributed by atoms with Gasteiger partial charge >= 0.3 is 0 Å². The largest absolute Gasteiger partial charge is 0.478 e. The molecule has 5 nitrogen and oxygen atoms in total. The van der Waals surface area contributed by atoms with Gasteiger partial charge in [-0.05, 0) is 38.5 Å². The van der Waals surface area contributed by atoms with Gasteiger partial charge in [0.25, 0.3) is 5.91 Å². The second kappa shape index (κ2) is 8.57. The molecule has 5 heteroatoms. The summed E-state index contributed by atoms with van der Waals surface area (Å²) in [5, 5.41) is 2.78. The molecule has 1 heterocycles. The van der Waals surface area contributed by atoms with Gasteiger partial charge < -0.3 is 14.6 Å². The van der Waals surface area contributed by atoms with Crippen molar-refractivity contribution in [1.29, 1.82) is 0 Å². The first-order chi connectivity index (χ1) is 13.5. The molecule has 144 valence electrons. The van der Waals surface area contributed by atoms with Crippen molar-refractivity contribution in [1.82, 2.24) is 4.57 Å². The number of carbonyl (C=O) groups excluding carboxylic acids is 1. The lowest BCUT2D eigenvalue weighted by Crippen LogP contribution is -2.27. The molecule has 0 saturated carbocycles. The minimum atomic E-state index is -0.475. The summed E-state index contributed by atoms with van der Waals surface area (Å²) >= 11 is 0. The molecule has 0 aliphatic rings. The molecule has 0 spiro atoms. The fourth-order valence-electron chi connectivity index (χ4n) is 3.02. The second-order valence-corrected chi connectivity index (χ2v) is 6.66. The van der Waals surface area contributed by atoms with Crippen molar-refractivity contribution in [3.8, 4) is 5.88 Å². The van der Waals surface area contributed by atoms with Gasteiger partial charge in [-0.25, -0.2) is 0 Å². The van der Waals surface area contributed by atoms with E-state index in [2.05, 4.69) is 5.32 Å². The van der Waals surface area contributed by atoms with Gasteiger partial charge in [-0.1, -0.05) is 48.0 Å². The van der Waals surface area contributed by atoms with E-state index < -0.39 is 5.91 Å². The maximum absolute atomic E-state index is 12.9. The van der Waals surface area contributed by atoms with E-state index in [0.29, 0.717) is 24.7 Å². The van der Waals surface area contributed by atoms with Gasteiger partial charge in [0.2, 0.25) is 5.88 Å². The van der Waals surface area contributed by atoms with Crippen molar-refractivity contribution >= 4 is 11.6 Å². The van der Waals surface area contributed by atoms with Crippen molar-refractivity contribution in [3.05, 3.63) is 93.3 Å². The number of para-hydroxylation sites is 1. The number of hydrogen-bond acceptors (Lipinski definition) is 3. The molecule has 0 unspecified atom stereocenters. The highest BCUT2D eigenvalue weighted by Crippen LogP contribution is 2.21. The highest BCUT2D eigenvalue weighted by atomic mass is 16.5. The van der Waals surface area contributed by atoms with E-state index in [-0.39, 0.29) is 11.0 Å². The molecule has 3 aromatic rings. The Morgan fingerprint density at radius 1 is 1.04 bits per heavy atom. The number of nitrogens with one attached hydrogen (secondary N) is 1. The average Bonchev–Trinajstić information content (AvgIpc) is 2.67. The maximum Gasteiger partial charge on any atom is 0.265 e. The Balaban J connectivity index is 2.04. The molecule has 28 heavy (non-hydrogen) atoms. The molecule has 0 radical (unpaired) electrons. The first kappa shape index (κ1) is 19.4. The van der Waals surface area contributed by atoms with Crippen LogP contribution in [-0.2, 0) is 6.54 Å². The van der Waals surface area contributed by atoms with Crippen molar-refractivity contribution < 1.29 is 9.53 Å². The number of benzene rings is 2. The Labute approximate surface area is 164 Å². The first-order valence-electron chi connectivity index (χ1n) is 9.28. The summed E-state index contributed by atoms with van der Waals surface area (Å²) < 4.78 is 7.66. The van der Waals surface area contributed by atoms with Gasteiger partial charge in [-0.2, -0.15) is 0 Å². The molecule has 0 aliphatic carbocycles. The van der Waals surface area contributed by atoms with Crippen molar-refractivity contribution in [2.75, 3.05) is 11.9 Å². The Morgan fingerprint density at radius 3 is 2.36 bits per heavy atom. The smallest absolute Gasteiger partial charge is 0.265 e. The van der Waals surface area contributed by atoms with Crippen molar-refractivity contribution in [2.45, 2.75) is 27.3 Å². The molecule has 0 bridgehead atoms. The molecule has 2 aromatic carbocycles. The van der Waals surface area contributed by atoms with E-state index in [9.17, 15) is 9.59 Å². The monoisotopic (exact) mass is 376 g/mol. The van der Waals surface area contributed by atoms with Gasteiger partial charge in [0.05, 0.1) is 13.2 Å². The number of ether oxygens (including phenoxy) is 1. The zero-order valence-corrected chi connectivity index (χ0v) is 16.4. The van der Waals surface area contributed by atoms with E-state index in [0.717, 1.165) is 11.3 Å². The van der Waals surface area contributed by atoms with Gasteiger partial charge in [-0.3, -0.25) is 9.59 Å². The predicted molar refractivity (Wildman–Crippen MR) is 111 cm³/mol. The van der Waals surface area contributed by atoms with Crippen LogP contribution in [0.25, 0.3) is 0 Å². The standard InChI is InChI=1S/C23H24N2O3/c1-4-28-23-21(22(27)24-19-8-6-5-7-9-19)20(26)14-17(3)25(23)15-18-12-10-16(2)11-13-18/h5-14H,4,15H2,1-3H3,(H,24,27). The molecule has 0 fully saturated rings. The fourth-order valence-corrected chi connectivity index (χ4v) is 3.02. The second-order valence-electron chi connectivity index (χ2n) is 6.66. The van der Waals surface area contributed by atoms with Crippen molar-refractivity contribution in [3.63, 3.8) is 0 Å². The van der Waals surface area contributed by atoms with Crippen LogP contribution in [0.1, 0.15) is 34.1 Å².